The van der Waals surface area contributed by atoms with Crippen LogP contribution in [0.25, 0.3) is 0 Å². The second kappa shape index (κ2) is 7.34. The smallest absolute Gasteiger partial charge is 0.469 e. The number of aliphatic hydroxyl groups is 1. The number of carbonyl (C=O) groups is 1. The van der Waals surface area contributed by atoms with E-state index in [1.165, 1.54) is 13.1 Å². The number of hydrogen-bond donors (Lipinski definition) is 5. The summed E-state index contributed by atoms with van der Waals surface area (Å²) in [7, 11) is -4.74. The highest BCUT2D eigenvalue weighted by atomic mass is 31.2. The van der Waals surface area contributed by atoms with E-state index in [0.717, 1.165) is 6.20 Å². The highest BCUT2D eigenvalue weighted by Gasteiger charge is 2.18. The van der Waals surface area contributed by atoms with Gasteiger partial charge in [0.2, 0.25) is 0 Å². The summed E-state index contributed by atoms with van der Waals surface area (Å²) in [5, 5.41) is 32.1. The van der Waals surface area contributed by atoms with Gasteiger partial charge in [-0.1, -0.05) is 5.76 Å². The molecule has 22 heavy (non-hydrogen) atoms. The van der Waals surface area contributed by atoms with Crippen LogP contribution in [0.4, 0.5) is 0 Å². The number of dihydropyridines is 1. The molecule has 0 radical (unpaired) electrons. The summed E-state index contributed by atoms with van der Waals surface area (Å²) >= 11 is 0. The van der Waals surface area contributed by atoms with Crippen LogP contribution >= 0.6 is 7.82 Å². The average molecular weight is 333 g/mol. The number of nitrogens with zero attached hydrogens (tertiary/aromatic N) is 1. The Morgan fingerprint density at radius 2 is 2.18 bits per heavy atom. The molecule has 1 aliphatic heterocycles. The van der Waals surface area contributed by atoms with Gasteiger partial charge in [-0.3, -0.25) is 9.52 Å². The van der Waals surface area contributed by atoms with E-state index in [0.29, 0.717) is 0 Å². The van der Waals surface area contributed by atoms with E-state index in [1.807, 2.05) is 0 Å². The number of carboxylic acids is 1. The van der Waals surface area contributed by atoms with E-state index in [4.69, 9.17) is 20.0 Å². The van der Waals surface area contributed by atoms with E-state index in [-0.39, 0.29) is 16.8 Å². The number of aliphatic hydroxyl groups excluding tert-OH is 1. The van der Waals surface area contributed by atoms with Gasteiger partial charge < -0.3 is 30.4 Å². The van der Waals surface area contributed by atoms with E-state index in [1.54, 1.807) is 0 Å². The summed E-state index contributed by atoms with van der Waals surface area (Å²) in [6, 6.07) is 0. The molecule has 0 saturated carbocycles. The minimum Gasteiger partial charge on any atom is -0.871 e. The topological polar surface area (TPSA) is 172 Å². The van der Waals surface area contributed by atoms with E-state index in [2.05, 4.69) is 14.8 Å². The zero-order valence-corrected chi connectivity index (χ0v) is 12.3. The van der Waals surface area contributed by atoms with Gasteiger partial charge in [-0.15, -0.1) is 0 Å². The highest BCUT2D eigenvalue weighted by molar-refractivity contribution is 7.46. The maximum absolute atomic E-state index is 12.0. The molecule has 0 atom stereocenters. The summed E-state index contributed by atoms with van der Waals surface area (Å²) < 4.78 is 15.0. The minimum atomic E-state index is -4.74. The first-order chi connectivity index (χ1) is 10.2. The maximum Gasteiger partial charge on any atom is 0.469 e. The predicted molar refractivity (Wildman–Crippen MR) is 72.2 cm³/mol. The van der Waals surface area contributed by atoms with Crippen LogP contribution in [0.1, 0.15) is 6.92 Å². The third-order valence-corrected chi connectivity index (χ3v) is 2.99. The fourth-order valence-corrected chi connectivity index (χ4v) is 1.71. The number of allylic oxidation sites excluding steroid dienone is 2. The first-order valence-corrected chi connectivity index (χ1v) is 7.34. The molecule has 0 amide bonds. The van der Waals surface area contributed by atoms with Crippen LogP contribution in [0.2, 0.25) is 0 Å². The number of nitrogens with one attached hydrogen (secondary N) is 1. The second-order valence-electron chi connectivity index (χ2n) is 4.11. The lowest BCUT2D eigenvalue weighted by molar-refractivity contribution is -0.299. The number of hydrogen-bond acceptors (Lipinski definition) is 7. The highest BCUT2D eigenvalue weighted by Crippen LogP contribution is 2.37. The van der Waals surface area contributed by atoms with Gasteiger partial charge >= 0.3 is 13.8 Å². The first-order valence-electron chi connectivity index (χ1n) is 5.81. The molecule has 10 nitrogen and oxygen atoms in total. The van der Waals surface area contributed by atoms with Gasteiger partial charge in [0.15, 0.2) is 5.71 Å². The average Bonchev–Trinajstić information content (AvgIpc) is 2.41. The molecule has 1 rings (SSSR count). The van der Waals surface area contributed by atoms with Crippen LogP contribution in [-0.4, -0.2) is 44.9 Å². The van der Waals surface area contributed by atoms with Crippen LogP contribution in [0.3, 0.4) is 0 Å². The largest absolute Gasteiger partial charge is 0.871 e. The van der Waals surface area contributed by atoms with Crippen molar-refractivity contribution in [2.45, 2.75) is 6.92 Å². The summed E-state index contributed by atoms with van der Waals surface area (Å²) in [4.78, 5) is 31.6. The fraction of sp³-hybridized carbons (Fsp3) is 0.273. The number of rotatable bonds is 6. The van der Waals surface area contributed by atoms with Crippen molar-refractivity contribution in [1.29, 1.82) is 0 Å². The summed E-state index contributed by atoms with van der Waals surface area (Å²) in [5.41, 5.74) is -0.406. The zero-order chi connectivity index (χ0) is 16.9. The van der Waals surface area contributed by atoms with Crippen LogP contribution in [-0.2, 0) is 13.9 Å². The monoisotopic (exact) mass is 333 g/mol. The lowest BCUT2D eigenvalue weighted by Gasteiger charge is -2.26. The van der Waals surface area contributed by atoms with Crippen LogP contribution in [0.15, 0.2) is 40.0 Å². The Morgan fingerprint density at radius 3 is 2.68 bits per heavy atom. The Bertz CT molecular complexity index is 628. The van der Waals surface area contributed by atoms with Crippen molar-refractivity contribution in [2.75, 3.05) is 13.2 Å². The molecule has 11 heteroatoms. The van der Waals surface area contributed by atoms with E-state index >= 15 is 0 Å². The molecule has 1 heterocycles. The van der Waals surface area contributed by atoms with E-state index < -0.39 is 38.5 Å². The third-order valence-electron chi connectivity index (χ3n) is 2.53. The molecule has 0 spiro atoms. The van der Waals surface area contributed by atoms with Crippen LogP contribution in [0.5, 0.6) is 0 Å². The van der Waals surface area contributed by atoms with Gasteiger partial charge in [-0.2, -0.15) is 0 Å². The molecule has 0 aromatic rings. The number of phosphoric acid groups is 1. The Hall–Kier alpha value is -1.97. The number of aliphatic carboxylic acids is 1. The van der Waals surface area contributed by atoms with Crippen molar-refractivity contribution >= 4 is 19.5 Å². The Kier molecular flexibility index (Phi) is 6.03. The zero-order valence-electron chi connectivity index (χ0n) is 11.4. The molecular formula is C11H14N2O8P-. The Balaban J connectivity index is 3.12. The van der Waals surface area contributed by atoms with Crippen molar-refractivity contribution in [3.8, 4) is 0 Å². The second-order valence-corrected chi connectivity index (χ2v) is 5.35. The molecule has 1 aliphatic rings. The maximum atomic E-state index is 12.0. The number of carboxylic acid groups (broad SMARTS) is 1. The number of phosphoric ester groups is 1. The normalized spacial score (nSPS) is 18.3. The molecule has 0 saturated heterocycles. The van der Waals surface area contributed by atoms with Crippen molar-refractivity contribution in [3.05, 3.63) is 35.0 Å². The molecule has 0 unspecified atom stereocenters. The lowest BCUT2D eigenvalue weighted by Crippen LogP contribution is -2.24. The van der Waals surface area contributed by atoms with Gasteiger partial charge in [0.05, 0.1) is 13.2 Å². The Morgan fingerprint density at radius 1 is 1.55 bits per heavy atom. The van der Waals surface area contributed by atoms with Gasteiger partial charge in [0, 0.05) is 23.7 Å². The minimum absolute atomic E-state index is 0.0744. The Labute approximate surface area is 125 Å². The molecule has 122 valence electrons. The van der Waals surface area contributed by atoms with Gasteiger partial charge in [-0.05, 0) is 12.5 Å². The molecular weight excluding hydrogens is 319 g/mol. The lowest BCUT2D eigenvalue weighted by atomic mass is 10.0. The number of aliphatic imine (C=N–C) groups is 1. The van der Waals surface area contributed by atoms with Crippen LogP contribution < -0.4 is 10.4 Å². The summed E-state index contributed by atoms with van der Waals surface area (Å²) in [6.07, 6.45) is 2.19. The van der Waals surface area contributed by atoms with Gasteiger partial charge in [-0.25, -0.2) is 9.36 Å². The molecule has 0 bridgehead atoms. The van der Waals surface area contributed by atoms with Crippen LogP contribution in [0, 0.1) is 0 Å². The first kappa shape index (κ1) is 18.1. The molecule has 0 aromatic carbocycles. The van der Waals surface area contributed by atoms with Crippen molar-refractivity contribution in [3.63, 3.8) is 0 Å². The van der Waals surface area contributed by atoms with Crippen molar-refractivity contribution < 1.29 is 39.0 Å². The fourth-order valence-electron chi connectivity index (χ4n) is 1.41. The molecule has 0 aliphatic carbocycles. The van der Waals surface area contributed by atoms with E-state index in [9.17, 15) is 14.5 Å². The molecule has 0 aromatic heterocycles. The summed E-state index contributed by atoms with van der Waals surface area (Å²) in [6.45, 7) is 0.0343. The summed E-state index contributed by atoms with van der Waals surface area (Å²) in [5.74, 6) is -2.00. The molecule has 0 fully saturated rings. The molecule has 5 N–H and O–H groups in total. The van der Waals surface area contributed by atoms with Crippen molar-refractivity contribution in [2.24, 2.45) is 4.99 Å². The standard InChI is InChI=1S/C11H15N2O8P/c1-6-10(15)8(3-13-9(4-14)11(16)17)7(2-12-6)5-21-22(18,19)20/h2-3,12,14-15H,4-5H2,1H3,(H,16,17)(H2,18,19,20)/p-1/b8-3-,13-9?. The van der Waals surface area contributed by atoms with Gasteiger partial charge in [0.1, 0.15) is 0 Å². The van der Waals surface area contributed by atoms with Crippen molar-refractivity contribution in [1.82, 2.24) is 5.32 Å². The predicted octanol–water partition coefficient (Wildman–Crippen LogP) is -1.42. The quantitative estimate of drug-likeness (QED) is 0.289. The third kappa shape index (κ3) is 5.10. The van der Waals surface area contributed by atoms with Gasteiger partial charge in [0.25, 0.3) is 0 Å². The SMILES string of the molecule is CC1=C([O-])/C(=C\N=C(CO)C(=O)O)C(COP(=O)(O)O)=CN1.